The summed E-state index contributed by atoms with van der Waals surface area (Å²) in [7, 11) is 1.53. The topological polar surface area (TPSA) is 55.2 Å². The minimum Gasteiger partial charge on any atom is -0.508 e. The molecule has 2 aromatic rings. The number of methoxy groups -OCH3 is 1. The highest BCUT2D eigenvalue weighted by Crippen LogP contribution is 2.23. The van der Waals surface area contributed by atoms with Gasteiger partial charge in [0.25, 0.3) is 0 Å². The van der Waals surface area contributed by atoms with Crippen LogP contribution in [-0.4, -0.2) is 22.2 Å². The number of benzene rings is 1. The zero-order valence-corrected chi connectivity index (χ0v) is 10.3. The number of hydrogen-bond donors (Lipinski definition) is 1. The molecule has 4 nitrogen and oxygen atoms in total. The van der Waals surface area contributed by atoms with Crippen LogP contribution in [0.25, 0.3) is 11.4 Å². The Labute approximate surface area is 108 Å². The van der Waals surface area contributed by atoms with E-state index in [4.69, 9.17) is 16.3 Å². The van der Waals surface area contributed by atoms with Crippen molar-refractivity contribution in [2.45, 2.75) is 6.61 Å². The number of phenols is 1. The van der Waals surface area contributed by atoms with E-state index >= 15 is 0 Å². The molecule has 2 rings (SSSR count). The van der Waals surface area contributed by atoms with Gasteiger partial charge in [-0.05, 0) is 18.2 Å². The van der Waals surface area contributed by atoms with Crippen molar-refractivity contribution in [3.8, 4) is 17.1 Å². The molecule has 0 unspecified atom stereocenters. The number of nitrogens with zero attached hydrogens (tertiary/aromatic N) is 2. The standard InChI is InChI=1S/C12H10ClFN2O2/c1-18-6-9-5-11(13)16-12(15-9)7-2-8(14)4-10(17)3-7/h2-5,17H,6H2,1H3. The maximum absolute atomic E-state index is 13.2. The number of aromatic nitrogens is 2. The number of ether oxygens (including phenoxy) is 1. The smallest absolute Gasteiger partial charge is 0.161 e. The second-order valence-electron chi connectivity index (χ2n) is 3.64. The zero-order chi connectivity index (χ0) is 13.1. The van der Waals surface area contributed by atoms with Gasteiger partial charge < -0.3 is 9.84 Å². The Morgan fingerprint density at radius 2 is 2.06 bits per heavy atom. The van der Waals surface area contributed by atoms with E-state index in [-0.39, 0.29) is 23.3 Å². The van der Waals surface area contributed by atoms with E-state index in [1.807, 2.05) is 0 Å². The maximum atomic E-state index is 13.2. The summed E-state index contributed by atoms with van der Waals surface area (Å²) in [6.45, 7) is 0.274. The lowest BCUT2D eigenvalue weighted by molar-refractivity contribution is 0.181. The summed E-state index contributed by atoms with van der Waals surface area (Å²) in [5.41, 5.74) is 0.934. The number of phenolic OH excluding ortho intramolecular Hbond substituents is 1. The molecule has 1 heterocycles. The van der Waals surface area contributed by atoms with Crippen LogP contribution in [0.4, 0.5) is 4.39 Å². The van der Waals surface area contributed by atoms with Gasteiger partial charge in [-0.15, -0.1) is 0 Å². The molecule has 0 saturated carbocycles. The molecule has 1 aromatic carbocycles. The number of hydrogen-bond acceptors (Lipinski definition) is 4. The number of rotatable bonds is 3. The SMILES string of the molecule is COCc1cc(Cl)nc(-c2cc(O)cc(F)c2)n1. The molecule has 0 aliphatic heterocycles. The summed E-state index contributed by atoms with van der Waals surface area (Å²) < 4.78 is 18.1. The van der Waals surface area contributed by atoms with Crippen LogP contribution in [0.1, 0.15) is 5.69 Å². The predicted octanol–water partition coefficient (Wildman–Crippen LogP) is 2.79. The number of aromatic hydroxyl groups is 1. The predicted molar refractivity (Wildman–Crippen MR) is 64.8 cm³/mol. The van der Waals surface area contributed by atoms with Gasteiger partial charge in [-0.25, -0.2) is 14.4 Å². The van der Waals surface area contributed by atoms with Gasteiger partial charge in [0.15, 0.2) is 5.82 Å². The van der Waals surface area contributed by atoms with E-state index in [1.165, 1.54) is 19.2 Å². The molecular weight excluding hydrogens is 259 g/mol. The van der Waals surface area contributed by atoms with E-state index in [0.29, 0.717) is 11.3 Å². The molecule has 18 heavy (non-hydrogen) atoms. The fourth-order valence-electron chi connectivity index (χ4n) is 1.52. The molecule has 0 fully saturated rings. The third kappa shape index (κ3) is 2.94. The van der Waals surface area contributed by atoms with Gasteiger partial charge in [0.1, 0.15) is 16.7 Å². The Kier molecular flexibility index (Phi) is 3.74. The van der Waals surface area contributed by atoms with E-state index < -0.39 is 5.82 Å². The fraction of sp³-hybridized carbons (Fsp3) is 0.167. The molecule has 0 atom stereocenters. The van der Waals surface area contributed by atoms with Gasteiger partial charge in [0, 0.05) is 18.7 Å². The first-order chi connectivity index (χ1) is 8.58. The summed E-state index contributed by atoms with van der Waals surface area (Å²) in [4.78, 5) is 8.17. The lowest BCUT2D eigenvalue weighted by atomic mass is 10.2. The van der Waals surface area contributed by atoms with Crippen LogP contribution < -0.4 is 0 Å². The van der Waals surface area contributed by atoms with Crippen molar-refractivity contribution in [2.24, 2.45) is 0 Å². The van der Waals surface area contributed by atoms with E-state index in [9.17, 15) is 9.50 Å². The molecule has 6 heteroatoms. The molecule has 94 valence electrons. The molecule has 0 aliphatic rings. The lowest BCUT2D eigenvalue weighted by Crippen LogP contribution is -1.98. The van der Waals surface area contributed by atoms with Crippen molar-refractivity contribution < 1.29 is 14.2 Å². The van der Waals surface area contributed by atoms with Crippen LogP contribution in [0.5, 0.6) is 5.75 Å². The van der Waals surface area contributed by atoms with Crippen molar-refractivity contribution in [1.82, 2.24) is 9.97 Å². The van der Waals surface area contributed by atoms with Crippen LogP contribution in [0.2, 0.25) is 5.15 Å². The maximum Gasteiger partial charge on any atom is 0.161 e. The Bertz CT molecular complexity index is 558. The molecule has 0 aliphatic carbocycles. The summed E-state index contributed by atoms with van der Waals surface area (Å²) in [5.74, 6) is -0.520. The van der Waals surface area contributed by atoms with Crippen LogP contribution in [0.3, 0.4) is 0 Å². The summed E-state index contributed by atoms with van der Waals surface area (Å²) in [6.07, 6.45) is 0. The monoisotopic (exact) mass is 268 g/mol. The molecule has 0 radical (unpaired) electrons. The third-order valence-electron chi connectivity index (χ3n) is 2.18. The number of halogens is 2. The summed E-state index contributed by atoms with van der Waals surface area (Å²) >= 11 is 5.85. The first-order valence-corrected chi connectivity index (χ1v) is 5.48. The van der Waals surface area contributed by atoms with E-state index in [2.05, 4.69) is 9.97 Å². The van der Waals surface area contributed by atoms with Crippen molar-refractivity contribution in [2.75, 3.05) is 7.11 Å². The molecule has 0 spiro atoms. The summed E-state index contributed by atoms with van der Waals surface area (Å²) in [5, 5.41) is 9.58. The zero-order valence-electron chi connectivity index (χ0n) is 9.52. The third-order valence-corrected chi connectivity index (χ3v) is 2.37. The lowest BCUT2D eigenvalue weighted by Gasteiger charge is -2.05. The van der Waals surface area contributed by atoms with Crippen molar-refractivity contribution in [3.05, 3.63) is 40.9 Å². The first kappa shape index (κ1) is 12.7. The van der Waals surface area contributed by atoms with Crippen molar-refractivity contribution >= 4 is 11.6 Å². The molecule has 0 bridgehead atoms. The van der Waals surface area contributed by atoms with E-state index in [0.717, 1.165) is 6.07 Å². The molecule has 0 saturated heterocycles. The van der Waals surface area contributed by atoms with Crippen LogP contribution in [-0.2, 0) is 11.3 Å². The van der Waals surface area contributed by atoms with Crippen LogP contribution >= 0.6 is 11.6 Å². The quantitative estimate of drug-likeness (QED) is 0.870. The van der Waals surface area contributed by atoms with Gasteiger partial charge in [0.05, 0.1) is 12.3 Å². The largest absolute Gasteiger partial charge is 0.508 e. The van der Waals surface area contributed by atoms with Crippen molar-refractivity contribution in [3.63, 3.8) is 0 Å². The van der Waals surface area contributed by atoms with Crippen LogP contribution in [0.15, 0.2) is 24.3 Å². The summed E-state index contributed by atoms with van der Waals surface area (Å²) in [6, 6.07) is 5.16. The second-order valence-corrected chi connectivity index (χ2v) is 4.02. The Morgan fingerprint density at radius 3 is 2.72 bits per heavy atom. The minimum absolute atomic E-state index is 0.193. The van der Waals surface area contributed by atoms with Gasteiger partial charge >= 0.3 is 0 Å². The van der Waals surface area contributed by atoms with Crippen molar-refractivity contribution in [1.29, 1.82) is 0 Å². The fourth-order valence-corrected chi connectivity index (χ4v) is 1.72. The van der Waals surface area contributed by atoms with E-state index in [1.54, 1.807) is 6.07 Å². The minimum atomic E-state index is -0.568. The second kappa shape index (κ2) is 5.29. The molecule has 0 amide bonds. The van der Waals surface area contributed by atoms with Gasteiger partial charge in [-0.3, -0.25) is 0 Å². The normalized spacial score (nSPS) is 10.6. The first-order valence-electron chi connectivity index (χ1n) is 5.11. The highest BCUT2D eigenvalue weighted by atomic mass is 35.5. The molecule has 1 N–H and O–H groups in total. The Balaban J connectivity index is 2.49. The molecular formula is C12H10ClFN2O2. The average Bonchev–Trinajstić information content (AvgIpc) is 2.27. The average molecular weight is 269 g/mol. The highest BCUT2D eigenvalue weighted by Gasteiger charge is 2.08. The molecule has 1 aromatic heterocycles. The van der Waals surface area contributed by atoms with Crippen LogP contribution in [0, 0.1) is 5.82 Å². The van der Waals surface area contributed by atoms with Gasteiger partial charge in [-0.1, -0.05) is 11.6 Å². The van der Waals surface area contributed by atoms with Gasteiger partial charge in [-0.2, -0.15) is 0 Å². The van der Waals surface area contributed by atoms with Gasteiger partial charge in [0.2, 0.25) is 0 Å². The Hall–Kier alpha value is -1.72. The highest BCUT2D eigenvalue weighted by molar-refractivity contribution is 6.29. The Morgan fingerprint density at radius 1 is 1.28 bits per heavy atom.